The number of fused-ring (bicyclic) bond motifs is 4. The van der Waals surface area contributed by atoms with E-state index >= 15 is 0 Å². The zero-order chi connectivity index (χ0) is 32.7. The van der Waals surface area contributed by atoms with Gasteiger partial charge in [-0.2, -0.15) is 5.10 Å². The Kier molecular flexibility index (Phi) is 6.45. The number of benzene rings is 2. The first-order chi connectivity index (χ1) is 23.3. The van der Waals surface area contributed by atoms with Crippen LogP contribution in [-0.2, 0) is 13.1 Å². The molecule has 48 heavy (non-hydrogen) atoms. The summed E-state index contributed by atoms with van der Waals surface area (Å²) in [6.45, 7) is 4.15. The van der Waals surface area contributed by atoms with Gasteiger partial charge in [-0.15, -0.1) is 0 Å². The lowest BCUT2D eigenvalue weighted by Gasteiger charge is -2.29. The third kappa shape index (κ3) is 4.59. The number of aromatic amines is 1. The summed E-state index contributed by atoms with van der Waals surface area (Å²) in [6, 6.07) is 17.7. The van der Waals surface area contributed by atoms with Gasteiger partial charge in [0, 0.05) is 59.1 Å². The Morgan fingerprint density at radius 2 is 1.94 bits per heavy atom. The first-order valence-electron chi connectivity index (χ1n) is 16.8. The van der Waals surface area contributed by atoms with E-state index in [-0.39, 0.29) is 23.0 Å². The van der Waals surface area contributed by atoms with Crippen molar-refractivity contribution in [3.63, 3.8) is 0 Å². The number of imidazole rings is 1. The minimum atomic E-state index is -0.368. The maximum absolute atomic E-state index is 14.1. The number of ether oxygens (including phenoxy) is 1. The minimum absolute atomic E-state index is 0.0276. The van der Waals surface area contributed by atoms with E-state index in [1.807, 2.05) is 29.4 Å². The third-order valence-electron chi connectivity index (χ3n) is 10.9. The topological polar surface area (TPSA) is 129 Å². The molecule has 2 unspecified atom stereocenters. The van der Waals surface area contributed by atoms with Crippen LogP contribution in [0.1, 0.15) is 48.5 Å². The molecule has 0 spiro atoms. The maximum atomic E-state index is 14.1. The average molecular weight is 643 g/mol. The Morgan fingerprint density at radius 3 is 2.67 bits per heavy atom. The molecule has 0 radical (unpaired) electrons. The van der Waals surface area contributed by atoms with Crippen LogP contribution >= 0.6 is 0 Å². The molecule has 1 saturated heterocycles. The molecular weight excluding hydrogens is 604 g/mol. The summed E-state index contributed by atoms with van der Waals surface area (Å²) in [5, 5.41) is 5.76. The van der Waals surface area contributed by atoms with Crippen molar-refractivity contribution < 1.29 is 9.53 Å². The number of piperidine rings is 1. The van der Waals surface area contributed by atoms with Crippen LogP contribution < -0.4 is 16.0 Å². The number of nitrogens with zero attached hydrogens (tertiary/aromatic N) is 6. The second kappa shape index (κ2) is 10.7. The molecule has 2 aliphatic carbocycles. The molecule has 1 amide bonds. The molecule has 3 atom stereocenters. The van der Waals surface area contributed by atoms with Gasteiger partial charge < -0.3 is 29.5 Å². The summed E-state index contributed by atoms with van der Waals surface area (Å²) in [7, 11) is 1.65. The summed E-state index contributed by atoms with van der Waals surface area (Å²) < 4.78 is 12.4. The minimum Gasteiger partial charge on any atom is -0.494 e. The number of pyridine rings is 1. The number of hydrogen-bond acceptors (Lipinski definition) is 6. The number of rotatable bonds is 8. The number of carbonyl (C=O) groups excluding carboxylic acids is 1. The third-order valence-corrected chi connectivity index (χ3v) is 10.9. The van der Waals surface area contributed by atoms with Crippen LogP contribution in [0.3, 0.4) is 0 Å². The van der Waals surface area contributed by atoms with Gasteiger partial charge in [-0.3, -0.25) is 9.59 Å². The van der Waals surface area contributed by atoms with Crippen LogP contribution in [0.2, 0.25) is 0 Å². The fourth-order valence-corrected chi connectivity index (χ4v) is 8.11. The second-order valence-electron chi connectivity index (χ2n) is 14.0. The molecule has 5 heterocycles. The number of amides is 1. The molecule has 3 N–H and O–H groups in total. The lowest BCUT2D eigenvalue weighted by molar-refractivity contribution is 0.0691. The predicted molar refractivity (Wildman–Crippen MR) is 183 cm³/mol. The predicted octanol–water partition coefficient (Wildman–Crippen LogP) is 4.95. The SMILES string of the molecule is COc1cc(C(=O)N2CC3CCC2[C@]3(C)N)cc2nc(-c3cc4ccccc4n3CC3CC3)n(Cc3cnn(-c4ccc(=O)[nH]c4)c3)c12. The molecule has 3 fully saturated rings. The molecule has 3 aliphatic rings. The number of nitrogens with two attached hydrogens (primary N) is 1. The molecule has 9 rings (SSSR count). The Balaban J connectivity index is 1.20. The van der Waals surface area contributed by atoms with Crippen molar-refractivity contribution >= 4 is 27.8 Å². The highest BCUT2D eigenvalue weighted by Crippen LogP contribution is 2.45. The number of likely N-dealkylation sites (tertiary alicyclic amines) is 1. The van der Waals surface area contributed by atoms with E-state index in [4.69, 9.17) is 15.5 Å². The molecule has 11 nitrogen and oxygen atoms in total. The van der Waals surface area contributed by atoms with Crippen molar-refractivity contribution in [2.75, 3.05) is 13.7 Å². The van der Waals surface area contributed by atoms with Gasteiger partial charge >= 0.3 is 0 Å². The van der Waals surface area contributed by atoms with Crippen LogP contribution in [0, 0.1) is 11.8 Å². The fraction of sp³-hybridized carbons (Fsp3) is 0.351. The Labute approximate surface area is 276 Å². The number of hydrogen-bond donors (Lipinski definition) is 2. The number of nitrogens with one attached hydrogen (secondary N) is 1. The van der Waals surface area contributed by atoms with Crippen LogP contribution in [0.4, 0.5) is 0 Å². The van der Waals surface area contributed by atoms with Gasteiger partial charge in [0.1, 0.15) is 11.3 Å². The van der Waals surface area contributed by atoms with Crippen molar-refractivity contribution in [2.24, 2.45) is 17.6 Å². The van der Waals surface area contributed by atoms with Crippen molar-refractivity contribution in [3.8, 4) is 23.0 Å². The number of H-pyrrole nitrogens is 1. The van der Waals surface area contributed by atoms with E-state index in [0.717, 1.165) is 53.1 Å². The first-order valence-corrected chi connectivity index (χ1v) is 16.8. The van der Waals surface area contributed by atoms with Gasteiger partial charge in [0.15, 0.2) is 5.82 Å². The standard InChI is InChI=1S/C37H38N8O3/c1-37(38)26-9-11-32(37)43(21-26)36(47)25-13-28-34(31(15-25)48-2)44(19-23-16-40-45(20-23)27-10-12-33(46)39-17-27)35(41-28)30-14-24-5-3-4-6-29(24)42(30)18-22-7-8-22/h3-6,10,12-17,20,22,26,32H,7-9,11,18-19,21,38H2,1-2H3,(H,39,46)/t26?,32?,37-/m1/s1. The number of carbonyl (C=O) groups is 1. The summed E-state index contributed by atoms with van der Waals surface area (Å²) in [5.41, 5.74) is 12.2. The molecule has 244 valence electrons. The van der Waals surface area contributed by atoms with Crippen molar-refractivity contribution in [2.45, 2.75) is 57.3 Å². The lowest BCUT2D eigenvalue weighted by atomic mass is 9.92. The zero-order valence-corrected chi connectivity index (χ0v) is 27.1. The second-order valence-corrected chi connectivity index (χ2v) is 14.0. The molecule has 11 heteroatoms. The summed E-state index contributed by atoms with van der Waals surface area (Å²) in [6.07, 6.45) is 9.88. The molecule has 2 saturated carbocycles. The van der Waals surface area contributed by atoms with E-state index in [0.29, 0.717) is 41.8 Å². The van der Waals surface area contributed by atoms with Gasteiger partial charge in [0.05, 0.1) is 42.8 Å². The van der Waals surface area contributed by atoms with E-state index in [1.54, 1.807) is 24.1 Å². The monoisotopic (exact) mass is 642 g/mol. The van der Waals surface area contributed by atoms with Crippen LogP contribution in [0.25, 0.3) is 39.1 Å². The van der Waals surface area contributed by atoms with Crippen molar-refractivity contribution in [1.82, 2.24) is 33.8 Å². The molecule has 1 aliphatic heterocycles. The molecule has 6 aromatic rings. The van der Waals surface area contributed by atoms with E-state index in [1.165, 1.54) is 24.4 Å². The van der Waals surface area contributed by atoms with E-state index in [2.05, 4.69) is 56.5 Å². The van der Waals surface area contributed by atoms with Gasteiger partial charge in [0.25, 0.3) is 5.91 Å². The number of methoxy groups -OCH3 is 1. The lowest BCUT2D eigenvalue weighted by Crippen LogP contribution is -2.49. The highest BCUT2D eigenvalue weighted by molar-refractivity contribution is 6.00. The largest absolute Gasteiger partial charge is 0.494 e. The highest BCUT2D eigenvalue weighted by atomic mass is 16.5. The summed E-state index contributed by atoms with van der Waals surface area (Å²) in [4.78, 5) is 35.7. The van der Waals surface area contributed by atoms with Crippen LogP contribution in [-0.4, -0.2) is 64.9 Å². The average Bonchev–Trinajstić information content (AvgIpc) is 3.34. The zero-order valence-electron chi connectivity index (χ0n) is 27.1. The van der Waals surface area contributed by atoms with Gasteiger partial charge in [-0.1, -0.05) is 18.2 Å². The van der Waals surface area contributed by atoms with Crippen molar-refractivity contribution in [1.29, 1.82) is 0 Å². The van der Waals surface area contributed by atoms with Gasteiger partial charge in [-0.05, 0) is 74.8 Å². The molecule has 2 bridgehead atoms. The van der Waals surface area contributed by atoms with E-state index < -0.39 is 0 Å². The number of aromatic nitrogens is 6. The van der Waals surface area contributed by atoms with Crippen LogP contribution in [0.15, 0.2) is 78.0 Å². The normalized spacial score (nSPS) is 21.9. The highest BCUT2D eigenvalue weighted by Gasteiger charge is 2.54. The maximum Gasteiger partial charge on any atom is 0.254 e. The molecular formula is C37H38N8O3. The Hall–Kier alpha value is -5.16. The number of para-hydroxylation sites is 1. The Bertz CT molecular complexity index is 2270. The van der Waals surface area contributed by atoms with Crippen molar-refractivity contribution in [3.05, 3.63) is 94.7 Å². The van der Waals surface area contributed by atoms with Gasteiger partial charge in [-0.25, -0.2) is 9.67 Å². The van der Waals surface area contributed by atoms with E-state index in [9.17, 15) is 9.59 Å². The first kappa shape index (κ1) is 29.0. The summed E-state index contributed by atoms with van der Waals surface area (Å²) in [5.74, 6) is 2.33. The van der Waals surface area contributed by atoms with Gasteiger partial charge in [0.2, 0.25) is 5.56 Å². The Morgan fingerprint density at radius 1 is 1.08 bits per heavy atom. The molecule has 2 aromatic carbocycles. The quantitative estimate of drug-likeness (QED) is 0.242. The fourth-order valence-electron chi connectivity index (χ4n) is 8.11. The van der Waals surface area contributed by atoms with Crippen LogP contribution in [0.5, 0.6) is 5.75 Å². The molecule has 4 aromatic heterocycles. The smallest absolute Gasteiger partial charge is 0.254 e. The summed E-state index contributed by atoms with van der Waals surface area (Å²) >= 11 is 0.